The van der Waals surface area contributed by atoms with Crippen LogP contribution in [0.3, 0.4) is 0 Å². The molecular formula is C16H33NO. The Morgan fingerprint density at radius 2 is 1.89 bits per heavy atom. The van der Waals surface area contributed by atoms with Gasteiger partial charge in [-0.15, -0.1) is 0 Å². The zero-order valence-electron chi connectivity index (χ0n) is 13.1. The molecule has 2 nitrogen and oxygen atoms in total. The molecule has 0 spiro atoms. The average molecular weight is 255 g/mol. The molecule has 0 saturated carbocycles. The van der Waals surface area contributed by atoms with E-state index in [0.717, 1.165) is 25.2 Å². The molecule has 0 saturated heterocycles. The minimum atomic E-state index is 0.401. The summed E-state index contributed by atoms with van der Waals surface area (Å²) in [6.45, 7) is 12.4. The molecule has 0 aliphatic rings. The first kappa shape index (κ1) is 17.6. The second kappa shape index (κ2) is 9.55. The molecule has 0 aliphatic heterocycles. The summed E-state index contributed by atoms with van der Waals surface area (Å²) in [6.07, 6.45) is 7.88. The number of carbonyl (C=O) groups excluding carboxylic acids is 1. The Labute approximate surface area is 114 Å². The third kappa shape index (κ3) is 8.68. The highest BCUT2D eigenvalue weighted by Gasteiger charge is 2.22. The lowest BCUT2D eigenvalue weighted by Crippen LogP contribution is -2.34. The molecule has 0 radical (unpaired) electrons. The van der Waals surface area contributed by atoms with Gasteiger partial charge in [0, 0.05) is 19.0 Å². The normalized spacial score (nSPS) is 15.4. The van der Waals surface area contributed by atoms with Crippen LogP contribution in [0.5, 0.6) is 0 Å². The van der Waals surface area contributed by atoms with Gasteiger partial charge in [0.2, 0.25) is 0 Å². The quantitative estimate of drug-likeness (QED) is 0.443. The van der Waals surface area contributed by atoms with Crippen LogP contribution < -0.4 is 5.32 Å². The predicted octanol–water partition coefficient (Wildman–Crippen LogP) is 4.19. The lowest BCUT2D eigenvalue weighted by atomic mass is 9.79. The summed E-state index contributed by atoms with van der Waals surface area (Å²) >= 11 is 0. The van der Waals surface area contributed by atoms with Gasteiger partial charge in [0.1, 0.15) is 6.29 Å². The molecule has 108 valence electrons. The number of hydrogen-bond donors (Lipinski definition) is 1. The first-order valence-electron chi connectivity index (χ1n) is 7.62. The monoisotopic (exact) mass is 255 g/mol. The first-order chi connectivity index (χ1) is 8.45. The SMILES string of the molecule is CCC(C)CCC(C)(C)CC(CC)NCCC=O. The first-order valence-corrected chi connectivity index (χ1v) is 7.62. The molecule has 2 atom stereocenters. The number of aldehydes is 1. The van der Waals surface area contributed by atoms with E-state index in [-0.39, 0.29) is 0 Å². The van der Waals surface area contributed by atoms with Gasteiger partial charge in [-0.2, -0.15) is 0 Å². The molecule has 0 aliphatic carbocycles. The van der Waals surface area contributed by atoms with Crippen molar-refractivity contribution < 1.29 is 4.79 Å². The van der Waals surface area contributed by atoms with Gasteiger partial charge in [0.25, 0.3) is 0 Å². The standard InChI is InChI=1S/C16H33NO/c1-6-14(3)9-10-16(4,5)13-15(7-2)17-11-8-12-18/h12,14-15,17H,6-11,13H2,1-5H3. The van der Waals surface area contributed by atoms with Gasteiger partial charge in [-0.1, -0.05) is 47.5 Å². The summed E-state index contributed by atoms with van der Waals surface area (Å²) in [5.41, 5.74) is 0.401. The van der Waals surface area contributed by atoms with Gasteiger partial charge in [0.15, 0.2) is 0 Å². The van der Waals surface area contributed by atoms with Crippen molar-refractivity contribution in [2.45, 2.75) is 79.2 Å². The number of carbonyl (C=O) groups is 1. The van der Waals surface area contributed by atoms with Crippen LogP contribution in [0.1, 0.15) is 73.1 Å². The number of rotatable bonds is 11. The molecule has 0 aromatic carbocycles. The molecule has 0 aromatic heterocycles. The van der Waals surface area contributed by atoms with Crippen LogP contribution in [0.25, 0.3) is 0 Å². The fourth-order valence-corrected chi connectivity index (χ4v) is 2.32. The summed E-state index contributed by atoms with van der Waals surface area (Å²) in [6, 6.07) is 0.553. The van der Waals surface area contributed by atoms with E-state index in [4.69, 9.17) is 0 Å². The molecule has 0 aromatic rings. The molecule has 1 N–H and O–H groups in total. The van der Waals surface area contributed by atoms with E-state index in [1.165, 1.54) is 25.7 Å². The minimum Gasteiger partial charge on any atom is -0.314 e. The van der Waals surface area contributed by atoms with Crippen molar-refractivity contribution in [1.82, 2.24) is 5.32 Å². The maximum Gasteiger partial charge on any atom is 0.121 e. The van der Waals surface area contributed by atoms with E-state index in [0.29, 0.717) is 17.9 Å². The molecule has 18 heavy (non-hydrogen) atoms. The Morgan fingerprint density at radius 1 is 1.22 bits per heavy atom. The minimum absolute atomic E-state index is 0.401. The Bertz CT molecular complexity index is 213. The van der Waals surface area contributed by atoms with Crippen LogP contribution >= 0.6 is 0 Å². The summed E-state index contributed by atoms with van der Waals surface area (Å²) in [4.78, 5) is 10.3. The van der Waals surface area contributed by atoms with E-state index < -0.39 is 0 Å². The third-order valence-electron chi connectivity index (χ3n) is 4.00. The van der Waals surface area contributed by atoms with Crippen LogP contribution in [0, 0.1) is 11.3 Å². The van der Waals surface area contributed by atoms with Crippen molar-refractivity contribution >= 4 is 6.29 Å². The maximum absolute atomic E-state index is 10.3. The van der Waals surface area contributed by atoms with Crippen LogP contribution in [0.4, 0.5) is 0 Å². The Morgan fingerprint density at radius 3 is 2.39 bits per heavy atom. The highest BCUT2D eigenvalue weighted by molar-refractivity contribution is 5.49. The smallest absolute Gasteiger partial charge is 0.121 e. The Hall–Kier alpha value is -0.370. The zero-order chi connectivity index (χ0) is 14.0. The van der Waals surface area contributed by atoms with Gasteiger partial charge in [-0.25, -0.2) is 0 Å². The second-order valence-electron chi connectivity index (χ2n) is 6.44. The van der Waals surface area contributed by atoms with Gasteiger partial charge in [-0.05, 0) is 30.6 Å². The number of hydrogen-bond acceptors (Lipinski definition) is 2. The lowest BCUT2D eigenvalue weighted by molar-refractivity contribution is -0.107. The average Bonchev–Trinajstić information content (AvgIpc) is 2.34. The maximum atomic E-state index is 10.3. The Kier molecular flexibility index (Phi) is 9.35. The van der Waals surface area contributed by atoms with Crippen molar-refractivity contribution in [3.8, 4) is 0 Å². The molecule has 2 unspecified atom stereocenters. The molecule has 0 heterocycles. The summed E-state index contributed by atoms with van der Waals surface area (Å²) in [7, 11) is 0. The predicted molar refractivity (Wildman–Crippen MR) is 79.8 cm³/mol. The summed E-state index contributed by atoms with van der Waals surface area (Å²) < 4.78 is 0. The van der Waals surface area contributed by atoms with E-state index in [1.54, 1.807) is 0 Å². The van der Waals surface area contributed by atoms with Gasteiger partial charge in [-0.3, -0.25) is 0 Å². The molecule has 0 rings (SSSR count). The molecule has 0 bridgehead atoms. The molecule has 0 fully saturated rings. The molecular weight excluding hydrogens is 222 g/mol. The summed E-state index contributed by atoms with van der Waals surface area (Å²) in [5, 5.41) is 3.50. The van der Waals surface area contributed by atoms with E-state index >= 15 is 0 Å². The van der Waals surface area contributed by atoms with E-state index in [9.17, 15) is 4.79 Å². The van der Waals surface area contributed by atoms with Crippen molar-refractivity contribution in [2.75, 3.05) is 6.54 Å². The lowest BCUT2D eigenvalue weighted by Gasteiger charge is -2.31. The van der Waals surface area contributed by atoms with Crippen LogP contribution in [-0.2, 0) is 4.79 Å². The number of nitrogens with one attached hydrogen (secondary N) is 1. The van der Waals surface area contributed by atoms with Crippen LogP contribution in [0.2, 0.25) is 0 Å². The molecule has 0 amide bonds. The van der Waals surface area contributed by atoms with Gasteiger partial charge < -0.3 is 10.1 Å². The Balaban J connectivity index is 4.04. The topological polar surface area (TPSA) is 29.1 Å². The largest absolute Gasteiger partial charge is 0.314 e. The fraction of sp³-hybridized carbons (Fsp3) is 0.938. The van der Waals surface area contributed by atoms with Crippen molar-refractivity contribution in [3.63, 3.8) is 0 Å². The second-order valence-corrected chi connectivity index (χ2v) is 6.44. The highest BCUT2D eigenvalue weighted by Crippen LogP contribution is 2.31. The summed E-state index contributed by atoms with van der Waals surface area (Å²) in [5.74, 6) is 0.840. The highest BCUT2D eigenvalue weighted by atomic mass is 16.1. The zero-order valence-corrected chi connectivity index (χ0v) is 13.1. The third-order valence-corrected chi connectivity index (χ3v) is 4.00. The molecule has 2 heteroatoms. The van der Waals surface area contributed by atoms with Gasteiger partial charge >= 0.3 is 0 Å². The van der Waals surface area contributed by atoms with Crippen LogP contribution in [0.15, 0.2) is 0 Å². The van der Waals surface area contributed by atoms with Crippen molar-refractivity contribution in [1.29, 1.82) is 0 Å². The van der Waals surface area contributed by atoms with Crippen molar-refractivity contribution in [2.24, 2.45) is 11.3 Å². The van der Waals surface area contributed by atoms with Crippen molar-refractivity contribution in [3.05, 3.63) is 0 Å². The van der Waals surface area contributed by atoms with E-state index in [2.05, 4.69) is 39.9 Å². The fourth-order valence-electron chi connectivity index (χ4n) is 2.32. The van der Waals surface area contributed by atoms with Gasteiger partial charge in [0.05, 0.1) is 0 Å². The van der Waals surface area contributed by atoms with Crippen LogP contribution in [-0.4, -0.2) is 18.9 Å². The van der Waals surface area contributed by atoms with E-state index in [1.807, 2.05) is 0 Å².